The third kappa shape index (κ3) is 6.42. The smallest absolute Gasteiger partial charge is 0.335 e. The van der Waals surface area contributed by atoms with E-state index < -0.39 is 35.5 Å². The number of hydrogen-bond donors (Lipinski definition) is 2. The summed E-state index contributed by atoms with van der Waals surface area (Å²) in [6, 6.07) is 17.5. The van der Waals surface area contributed by atoms with Gasteiger partial charge in [0.1, 0.15) is 5.82 Å². The van der Waals surface area contributed by atoms with Gasteiger partial charge in [0, 0.05) is 16.4 Å². The van der Waals surface area contributed by atoms with Gasteiger partial charge in [0.25, 0.3) is 0 Å². The average molecular weight is 549 g/mol. The first kappa shape index (κ1) is 25.2. The fourth-order valence-electron chi connectivity index (χ4n) is 4.69. The maximum Gasteiger partial charge on any atom is 0.416 e. The lowest BCUT2D eigenvalue weighted by Gasteiger charge is -2.31. The van der Waals surface area contributed by atoms with Crippen molar-refractivity contribution in [3.63, 3.8) is 0 Å². The van der Waals surface area contributed by atoms with Gasteiger partial charge in [-0.2, -0.15) is 13.2 Å². The molecule has 184 valence electrons. The van der Waals surface area contributed by atoms with Gasteiger partial charge in [0.15, 0.2) is 0 Å². The van der Waals surface area contributed by atoms with Crippen LogP contribution in [0, 0.1) is 5.82 Å². The lowest BCUT2D eigenvalue weighted by molar-refractivity contribution is -0.137. The number of nitrogens with one attached hydrogen (secondary N) is 2. The molecule has 2 atom stereocenters. The van der Waals surface area contributed by atoms with Crippen molar-refractivity contribution < 1.29 is 22.4 Å². The van der Waals surface area contributed by atoms with E-state index in [0.29, 0.717) is 6.07 Å². The Bertz CT molecular complexity index is 1160. The SMILES string of the molecule is O=C(NC1CCCC1)NC(c1cc(F)cc(C(F)(F)F)c1)C(c1ccccc1)c1cccc(Br)c1. The molecule has 35 heavy (non-hydrogen) atoms. The highest BCUT2D eigenvalue weighted by atomic mass is 79.9. The molecule has 1 aliphatic carbocycles. The second-order valence-corrected chi connectivity index (χ2v) is 9.71. The van der Waals surface area contributed by atoms with E-state index in [-0.39, 0.29) is 11.6 Å². The van der Waals surface area contributed by atoms with Crippen LogP contribution in [0.25, 0.3) is 0 Å². The highest BCUT2D eigenvalue weighted by Crippen LogP contribution is 2.40. The Hall–Kier alpha value is -2.87. The Morgan fingerprint density at radius 2 is 1.57 bits per heavy atom. The van der Waals surface area contributed by atoms with Gasteiger partial charge in [-0.3, -0.25) is 0 Å². The standard InChI is InChI=1S/C27H25BrF4N2O/c28-21-10-6-9-18(14-21)24(17-7-2-1-3-8-17)25(34-26(35)33-23-11-4-5-12-23)19-13-20(27(30,31)32)16-22(29)15-19/h1-3,6-10,13-16,23-25H,4-5,11-12H2,(H2,33,34,35). The Kier molecular flexibility index (Phi) is 7.79. The van der Waals surface area contributed by atoms with E-state index >= 15 is 0 Å². The molecule has 1 aliphatic rings. The van der Waals surface area contributed by atoms with E-state index in [9.17, 15) is 22.4 Å². The van der Waals surface area contributed by atoms with Crippen LogP contribution in [-0.2, 0) is 6.18 Å². The van der Waals surface area contributed by atoms with E-state index in [0.717, 1.165) is 53.4 Å². The number of amides is 2. The minimum absolute atomic E-state index is 0.00920. The van der Waals surface area contributed by atoms with Gasteiger partial charge in [-0.05, 0) is 59.9 Å². The molecule has 0 saturated heterocycles. The van der Waals surface area contributed by atoms with Crippen molar-refractivity contribution in [2.75, 3.05) is 0 Å². The molecular formula is C27H25BrF4N2O. The quantitative estimate of drug-likeness (QED) is 0.304. The summed E-state index contributed by atoms with van der Waals surface area (Å²) in [6.07, 6.45) is -1.00. The molecule has 3 nitrogen and oxygen atoms in total. The molecule has 0 aliphatic heterocycles. The van der Waals surface area contributed by atoms with Crippen LogP contribution >= 0.6 is 15.9 Å². The Balaban J connectivity index is 1.82. The number of urea groups is 1. The Morgan fingerprint density at radius 1 is 0.886 bits per heavy atom. The van der Waals surface area contributed by atoms with Crippen molar-refractivity contribution in [1.82, 2.24) is 10.6 Å². The number of benzene rings is 3. The fraction of sp³-hybridized carbons (Fsp3) is 0.296. The zero-order valence-corrected chi connectivity index (χ0v) is 20.4. The lowest BCUT2D eigenvalue weighted by atomic mass is 9.81. The summed E-state index contributed by atoms with van der Waals surface area (Å²) >= 11 is 3.46. The molecule has 1 fully saturated rings. The summed E-state index contributed by atoms with van der Waals surface area (Å²) in [6.45, 7) is 0. The van der Waals surface area contributed by atoms with Crippen LogP contribution in [-0.4, -0.2) is 12.1 Å². The zero-order chi connectivity index (χ0) is 25.0. The van der Waals surface area contributed by atoms with Crippen LogP contribution in [0.4, 0.5) is 22.4 Å². The van der Waals surface area contributed by atoms with Gasteiger partial charge in [-0.1, -0.05) is 71.2 Å². The number of halogens is 5. The summed E-state index contributed by atoms with van der Waals surface area (Å²) in [5.41, 5.74) is 0.466. The predicted octanol–water partition coefficient (Wildman–Crippen LogP) is 7.72. The van der Waals surface area contributed by atoms with Crippen LogP contribution in [0.1, 0.15) is 59.9 Å². The van der Waals surface area contributed by atoms with E-state index in [1.807, 2.05) is 54.6 Å². The van der Waals surface area contributed by atoms with E-state index in [1.54, 1.807) is 0 Å². The Labute approximate surface area is 210 Å². The molecule has 0 spiro atoms. The van der Waals surface area contributed by atoms with Crippen molar-refractivity contribution in [3.8, 4) is 0 Å². The summed E-state index contributed by atoms with van der Waals surface area (Å²) in [5, 5.41) is 5.82. The van der Waals surface area contributed by atoms with Crippen molar-refractivity contribution in [3.05, 3.63) is 105 Å². The van der Waals surface area contributed by atoms with Gasteiger partial charge < -0.3 is 10.6 Å². The molecule has 2 unspecified atom stereocenters. The molecule has 0 aromatic heterocycles. The van der Waals surface area contributed by atoms with Crippen molar-refractivity contribution in [2.45, 2.75) is 49.9 Å². The van der Waals surface area contributed by atoms with Crippen LogP contribution in [0.15, 0.2) is 77.3 Å². The summed E-state index contributed by atoms with van der Waals surface area (Å²) in [4.78, 5) is 13.0. The van der Waals surface area contributed by atoms with Gasteiger partial charge >= 0.3 is 12.2 Å². The minimum Gasteiger partial charge on any atom is -0.335 e. The third-order valence-electron chi connectivity index (χ3n) is 6.28. The monoisotopic (exact) mass is 548 g/mol. The second-order valence-electron chi connectivity index (χ2n) is 8.79. The van der Waals surface area contributed by atoms with Crippen LogP contribution in [0.2, 0.25) is 0 Å². The van der Waals surface area contributed by atoms with Crippen molar-refractivity contribution in [1.29, 1.82) is 0 Å². The largest absolute Gasteiger partial charge is 0.416 e. The summed E-state index contributed by atoms with van der Waals surface area (Å²) in [7, 11) is 0. The number of alkyl halides is 3. The molecule has 3 aromatic rings. The predicted molar refractivity (Wildman–Crippen MR) is 130 cm³/mol. The van der Waals surface area contributed by atoms with Gasteiger partial charge in [0.05, 0.1) is 11.6 Å². The van der Waals surface area contributed by atoms with Gasteiger partial charge in [0.2, 0.25) is 0 Å². The third-order valence-corrected chi connectivity index (χ3v) is 6.78. The first-order valence-electron chi connectivity index (χ1n) is 11.5. The van der Waals surface area contributed by atoms with Crippen LogP contribution < -0.4 is 10.6 Å². The molecule has 2 N–H and O–H groups in total. The number of carbonyl (C=O) groups is 1. The van der Waals surface area contributed by atoms with Crippen LogP contribution in [0.3, 0.4) is 0 Å². The lowest BCUT2D eigenvalue weighted by Crippen LogP contribution is -2.44. The summed E-state index contributed by atoms with van der Waals surface area (Å²) < 4.78 is 56.0. The highest BCUT2D eigenvalue weighted by Gasteiger charge is 2.35. The second kappa shape index (κ2) is 10.8. The van der Waals surface area contributed by atoms with Gasteiger partial charge in [-0.15, -0.1) is 0 Å². The van der Waals surface area contributed by atoms with Crippen molar-refractivity contribution >= 4 is 22.0 Å². The molecule has 0 heterocycles. The fourth-order valence-corrected chi connectivity index (χ4v) is 5.11. The molecule has 0 radical (unpaired) electrons. The first-order valence-corrected chi connectivity index (χ1v) is 12.2. The average Bonchev–Trinajstić information content (AvgIpc) is 3.31. The van der Waals surface area contributed by atoms with Crippen LogP contribution in [0.5, 0.6) is 0 Å². The van der Waals surface area contributed by atoms with E-state index in [4.69, 9.17) is 0 Å². The first-order chi connectivity index (χ1) is 16.7. The van der Waals surface area contributed by atoms with Crippen molar-refractivity contribution in [2.24, 2.45) is 0 Å². The molecule has 1 saturated carbocycles. The number of hydrogen-bond acceptors (Lipinski definition) is 1. The zero-order valence-electron chi connectivity index (χ0n) is 18.8. The topological polar surface area (TPSA) is 41.1 Å². The van der Waals surface area contributed by atoms with E-state index in [1.165, 1.54) is 0 Å². The molecule has 2 amide bonds. The molecule has 8 heteroatoms. The molecule has 3 aromatic carbocycles. The molecule has 4 rings (SSSR count). The molecular weight excluding hydrogens is 524 g/mol. The summed E-state index contributed by atoms with van der Waals surface area (Å²) in [5.74, 6) is -1.59. The van der Waals surface area contributed by atoms with E-state index in [2.05, 4.69) is 26.6 Å². The number of carbonyl (C=O) groups excluding carboxylic acids is 1. The maximum atomic E-state index is 14.5. The maximum absolute atomic E-state index is 14.5. The minimum atomic E-state index is -4.73. The van der Waals surface area contributed by atoms with Gasteiger partial charge in [-0.25, -0.2) is 9.18 Å². The molecule has 0 bridgehead atoms. The Morgan fingerprint density at radius 3 is 2.23 bits per heavy atom. The number of rotatable bonds is 6. The normalized spacial score (nSPS) is 16.0. The highest BCUT2D eigenvalue weighted by molar-refractivity contribution is 9.10.